The molecule has 1 fully saturated rings. The van der Waals surface area contributed by atoms with E-state index in [-0.39, 0.29) is 11.8 Å². The summed E-state index contributed by atoms with van der Waals surface area (Å²) in [6.07, 6.45) is 0.915. The van der Waals surface area contributed by atoms with E-state index in [0.717, 1.165) is 16.7 Å². The zero-order chi connectivity index (χ0) is 15.7. The predicted octanol–water partition coefficient (Wildman–Crippen LogP) is 2.93. The number of hydrogen-bond acceptors (Lipinski definition) is 3. The van der Waals surface area contributed by atoms with Crippen molar-refractivity contribution in [3.63, 3.8) is 0 Å². The fraction of sp³-hybridized carbons (Fsp3) is 0.400. The van der Waals surface area contributed by atoms with Crippen molar-refractivity contribution in [3.05, 3.63) is 44.9 Å². The summed E-state index contributed by atoms with van der Waals surface area (Å²) in [5, 5.41) is 9.79. The molecule has 0 spiro atoms. The fourth-order valence-corrected chi connectivity index (χ4v) is 3.53. The van der Waals surface area contributed by atoms with Crippen molar-refractivity contribution in [3.8, 4) is 0 Å². The fourth-order valence-electron chi connectivity index (χ4n) is 2.69. The van der Waals surface area contributed by atoms with Crippen LogP contribution in [-0.4, -0.2) is 27.2 Å². The lowest BCUT2D eigenvalue weighted by Crippen LogP contribution is -2.29. The number of aromatic nitrogens is 3. The minimum absolute atomic E-state index is 0.0807. The number of rotatable bonds is 5. The zero-order valence-electron chi connectivity index (χ0n) is 12.2. The highest BCUT2D eigenvalue weighted by Gasteiger charge is 2.44. The van der Waals surface area contributed by atoms with Gasteiger partial charge in [-0.05, 0) is 43.1 Å². The molecule has 0 bridgehead atoms. The Hall–Kier alpha value is -1.47. The van der Waals surface area contributed by atoms with Gasteiger partial charge in [-0.15, -0.1) is 0 Å². The van der Waals surface area contributed by atoms with Crippen LogP contribution in [0.5, 0.6) is 0 Å². The molecule has 1 aliphatic rings. The minimum atomic E-state index is 0.0807. The summed E-state index contributed by atoms with van der Waals surface area (Å²) in [5.41, 5.74) is 1.22. The third-order valence-corrected chi connectivity index (χ3v) is 5.05. The number of halogens is 1. The molecular formula is C15H17BrN4OS. The van der Waals surface area contributed by atoms with E-state index in [2.05, 4.69) is 37.5 Å². The third kappa shape index (κ3) is 3.15. The maximum Gasteiger partial charge on any atom is 0.223 e. The molecule has 5 nitrogen and oxygen atoms in total. The van der Waals surface area contributed by atoms with Gasteiger partial charge >= 0.3 is 0 Å². The Labute approximate surface area is 142 Å². The van der Waals surface area contributed by atoms with Crippen molar-refractivity contribution >= 4 is 34.1 Å². The van der Waals surface area contributed by atoms with Crippen molar-refractivity contribution in [2.24, 2.45) is 5.92 Å². The van der Waals surface area contributed by atoms with Crippen LogP contribution in [0.2, 0.25) is 0 Å². The Bertz CT molecular complexity index is 754. The van der Waals surface area contributed by atoms with Crippen LogP contribution in [-0.2, 0) is 11.3 Å². The Balaban J connectivity index is 1.52. The van der Waals surface area contributed by atoms with Gasteiger partial charge in [0.05, 0.1) is 0 Å². The summed E-state index contributed by atoms with van der Waals surface area (Å²) in [6, 6.07) is 8.10. The highest BCUT2D eigenvalue weighted by atomic mass is 79.9. The standard InChI is InChI=1S/C15H17BrN4OS/c1-9-18-19-15(22)20(9)7-6-17-14(21)12-8-11(12)10-4-2-3-5-13(10)16/h2-5,11-12H,6-8H2,1H3,(H,17,21)(H,19,22)/t11-,12+/m1/s1. The lowest BCUT2D eigenvalue weighted by molar-refractivity contribution is -0.122. The van der Waals surface area contributed by atoms with E-state index in [0.29, 0.717) is 23.8 Å². The summed E-state index contributed by atoms with van der Waals surface area (Å²) < 4.78 is 3.55. The van der Waals surface area contributed by atoms with Gasteiger partial charge in [0.25, 0.3) is 0 Å². The van der Waals surface area contributed by atoms with Gasteiger partial charge in [-0.25, -0.2) is 0 Å². The van der Waals surface area contributed by atoms with Crippen LogP contribution >= 0.6 is 28.1 Å². The van der Waals surface area contributed by atoms with E-state index in [1.165, 1.54) is 5.56 Å². The molecule has 0 saturated heterocycles. The van der Waals surface area contributed by atoms with Crippen molar-refractivity contribution < 1.29 is 4.79 Å². The Morgan fingerprint density at radius 3 is 3.00 bits per heavy atom. The van der Waals surface area contributed by atoms with Crippen LogP contribution in [0.15, 0.2) is 28.7 Å². The normalized spacial score (nSPS) is 19.9. The van der Waals surface area contributed by atoms with E-state index in [4.69, 9.17) is 12.2 Å². The molecule has 1 heterocycles. The maximum absolute atomic E-state index is 12.2. The Kier molecular flexibility index (Phi) is 4.44. The molecule has 2 aromatic rings. The highest BCUT2D eigenvalue weighted by molar-refractivity contribution is 9.10. The molecule has 22 heavy (non-hydrogen) atoms. The number of carbonyl (C=O) groups is 1. The zero-order valence-corrected chi connectivity index (χ0v) is 14.6. The van der Waals surface area contributed by atoms with Gasteiger partial charge in [0.1, 0.15) is 5.82 Å². The number of nitrogens with zero attached hydrogens (tertiary/aromatic N) is 2. The predicted molar refractivity (Wildman–Crippen MR) is 90.1 cm³/mol. The number of nitrogens with one attached hydrogen (secondary N) is 2. The van der Waals surface area contributed by atoms with Gasteiger partial charge in [-0.3, -0.25) is 9.89 Å². The number of amides is 1. The van der Waals surface area contributed by atoms with E-state index >= 15 is 0 Å². The summed E-state index contributed by atoms with van der Waals surface area (Å²) in [7, 11) is 0. The van der Waals surface area contributed by atoms with Crippen molar-refractivity contribution in [2.45, 2.75) is 25.8 Å². The average molecular weight is 381 g/mol. The van der Waals surface area contributed by atoms with Crippen LogP contribution < -0.4 is 5.32 Å². The molecular weight excluding hydrogens is 364 g/mol. The van der Waals surface area contributed by atoms with Crippen LogP contribution in [0.25, 0.3) is 0 Å². The van der Waals surface area contributed by atoms with E-state index in [1.807, 2.05) is 29.7 Å². The number of aryl methyl sites for hydroxylation is 1. The molecule has 116 valence electrons. The van der Waals surface area contributed by atoms with Crippen molar-refractivity contribution in [1.82, 2.24) is 20.1 Å². The molecule has 0 unspecified atom stereocenters. The SMILES string of the molecule is Cc1n[nH]c(=S)n1CCNC(=O)[C@H]1C[C@@H]1c1ccccc1Br. The number of carbonyl (C=O) groups excluding carboxylic acids is 1. The minimum Gasteiger partial charge on any atom is -0.354 e. The van der Waals surface area contributed by atoms with Gasteiger partial charge < -0.3 is 9.88 Å². The second-order valence-corrected chi connectivity index (χ2v) is 6.73. The summed E-state index contributed by atoms with van der Waals surface area (Å²) in [6.45, 7) is 3.09. The van der Waals surface area contributed by atoms with Crippen molar-refractivity contribution in [2.75, 3.05) is 6.54 Å². The van der Waals surface area contributed by atoms with Gasteiger partial charge in [0, 0.05) is 23.5 Å². The lowest BCUT2D eigenvalue weighted by atomic mass is 10.1. The average Bonchev–Trinajstić information content (AvgIpc) is 3.23. The smallest absolute Gasteiger partial charge is 0.223 e. The van der Waals surface area contributed by atoms with Crippen molar-refractivity contribution in [1.29, 1.82) is 0 Å². The Morgan fingerprint density at radius 1 is 1.55 bits per heavy atom. The van der Waals surface area contributed by atoms with Crippen LogP contribution in [0.1, 0.15) is 23.7 Å². The molecule has 0 aliphatic heterocycles. The van der Waals surface area contributed by atoms with Crippen LogP contribution in [0.4, 0.5) is 0 Å². The number of hydrogen-bond donors (Lipinski definition) is 2. The van der Waals surface area contributed by atoms with Crippen LogP contribution in [0, 0.1) is 17.6 Å². The monoisotopic (exact) mass is 380 g/mol. The van der Waals surface area contributed by atoms with Gasteiger partial charge in [-0.2, -0.15) is 5.10 Å². The van der Waals surface area contributed by atoms with Crippen LogP contribution in [0.3, 0.4) is 0 Å². The van der Waals surface area contributed by atoms with E-state index < -0.39 is 0 Å². The molecule has 1 aliphatic carbocycles. The van der Waals surface area contributed by atoms with Gasteiger partial charge in [0.15, 0.2) is 4.77 Å². The molecule has 2 atom stereocenters. The first-order chi connectivity index (χ1) is 10.6. The summed E-state index contributed by atoms with van der Waals surface area (Å²) in [5.74, 6) is 1.36. The second-order valence-electron chi connectivity index (χ2n) is 5.49. The summed E-state index contributed by atoms with van der Waals surface area (Å²) in [4.78, 5) is 12.2. The third-order valence-electron chi connectivity index (χ3n) is 4.02. The molecule has 7 heteroatoms. The molecule has 1 aromatic carbocycles. The number of aromatic amines is 1. The number of benzene rings is 1. The molecule has 1 saturated carbocycles. The molecule has 3 rings (SSSR count). The first kappa shape index (κ1) is 15.4. The highest BCUT2D eigenvalue weighted by Crippen LogP contribution is 2.49. The first-order valence-corrected chi connectivity index (χ1v) is 8.42. The molecule has 0 radical (unpaired) electrons. The van der Waals surface area contributed by atoms with Gasteiger partial charge in [-0.1, -0.05) is 34.1 Å². The lowest BCUT2D eigenvalue weighted by Gasteiger charge is -2.07. The van der Waals surface area contributed by atoms with Gasteiger partial charge in [0.2, 0.25) is 5.91 Å². The largest absolute Gasteiger partial charge is 0.354 e. The second kappa shape index (κ2) is 6.34. The molecule has 2 N–H and O–H groups in total. The van der Waals surface area contributed by atoms with E-state index in [1.54, 1.807) is 0 Å². The topological polar surface area (TPSA) is 62.7 Å². The molecule has 1 aromatic heterocycles. The molecule has 1 amide bonds. The number of H-pyrrole nitrogens is 1. The Morgan fingerprint density at radius 2 is 2.32 bits per heavy atom. The maximum atomic E-state index is 12.2. The van der Waals surface area contributed by atoms with E-state index in [9.17, 15) is 4.79 Å². The summed E-state index contributed by atoms with van der Waals surface area (Å²) >= 11 is 8.69. The first-order valence-electron chi connectivity index (χ1n) is 7.22. The quantitative estimate of drug-likeness (QED) is 0.783.